The molecule has 0 bridgehead atoms. The molecule has 0 saturated carbocycles. The summed E-state index contributed by atoms with van der Waals surface area (Å²) < 4.78 is 8.98. The smallest absolute Gasteiger partial charge is 0.137 e. The van der Waals surface area contributed by atoms with E-state index in [-0.39, 0.29) is 0 Å². The van der Waals surface area contributed by atoms with Crippen molar-refractivity contribution < 1.29 is 4.42 Å². The Balaban J connectivity index is 1.23. The van der Waals surface area contributed by atoms with Crippen molar-refractivity contribution in [3.8, 4) is 22.3 Å². The number of hydrogen-bond donors (Lipinski definition) is 0. The molecule has 0 aliphatic heterocycles. The van der Waals surface area contributed by atoms with E-state index in [1.165, 1.54) is 42.4 Å². The van der Waals surface area contributed by atoms with Crippen molar-refractivity contribution in [3.05, 3.63) is 164 Å². The van der Waals surface area contributed by atoms with Gasteiger partial charge in [0, 0.05) is 36.8 Å². The van der Waals surface area contributed by atoms with Crippen LogP contribution in [0.15, 0.2) is 168 Å². The Hall–Kier alpha value is -5.64. The molecule has 0 atom stereocenters. The van der Waals surface area contributed by atoms with Crippen LogP contribution in [0.25, 0.3) is 64.4 Å². The molecule has 2 aromatic heterocycles. The van der Waals surface area contributed by atoms with E-state index in [1.807, 2.05) is 23.5 Å². The summed E-state index contributed by atoms with van der Waals surface area (Å²) in [6.07, 6.45) is 0. The molecular weight excluding hydrogens is 567 g/mol. The Morgan fingerprint density at radius 1 is 0.422 bits per heavy atom. The molecule has 0 radical (unpaired) electrons. The van der Waals surface area contributed by atoms with Crippen molar-refractivity contribution in [2.45, 2.75) is 0 Å². The minimum Gasteiger partial charge on any atom is -0.456 e. The molecular formula is C42H27NOS. The van der Waals surface area contributed by atoms with Crippen LogP contribution in [-0.4, -0.2) is 0 Å². The minimum absolute atomic E-state index is 0.879. The molecule has 0 fully saturated rings. The number of hydrogen-bond acceptors (Lipinski definition) is 3. The molecule has 0 aliphatic carbocycles. The SMILES string of the molecule is c1ccc(-c2ccccc2N(c2ccc(-c3ccc4c(c3)sc3ccccc34)cc2)c2cccc3oc4ccccc4c23)cc1. The maximum absolute atomic E-state index is 6.34. The maximum atomic E-state index is 6.34. The molecule has 0 spiro atoms. The van der Waals surface area contributed by atoms with Crippen molar-refractivity contribution in [2.75, 3.05) is 4.90 Å². The van der Waals surface area contributed by atoms with E-state index in [4.69, 9.17) is 4.42 Å². The number of nitrogens with zero attached hydrogens (tertiary/aromatic N) is 1. The second-order valence-corrected chi connectivity index (χ2v) is 12.4. The Bertz CT molecular complexity index is 2490. The molecule has 9 rings (SSSR count). The number of anilines is 3. The lowest BCUT2D eigenvalue weighted by molar-refractivity contribution is 0.669. The highest BCUT2D eigenvalue weighted by atomic mass is 32.1. The highest BCUT2D eigenvalue weighted by molar-refractivity contribution is 7.25. The molecule has 45 heavy (non-hydrogen) atoms. The van der Waals surface area contributed by atoms with E-state index < -0.39 is 0 Å². The summed E-state index contributed by atoms with van der Waals surface area (Å²) in [6, 6.07) is 58.4. The zero-order valence-corrected chi connectivity index (χ0v) is 25.2. The summed E-state index contributed by atoms with van der Waals surface area (Å²) >= 11 is 1.86. The van der Waals surface area contributed by atoms with Crippen molar-refractivity contribution in [3.63, 3.8) is 0 Å². The molecule has 2 nitrogen and oxygen atoms in total. The third-order valence-electron chi connectivity index (χ3n) is 8.69. The van der Waals surface area contributed by atoms with Crippen LogP contribution in [0.4, 0.5) is 17.1 Å². The Labute approximate surface area is 265 Å². The van der Waals surface area contributed by atoms with Crippen LogP contribution in [0, 0.1) is 0 Å². The van der Waals surface area contributed by atoms with Gasteiger partial charge in [0.05, 0.1) is 16.8 Å². The molecule has 0 saturated heterocycles. The van der Waals surface area contributed by atoms with Crippen LogP contribution in [-0.2, 0) is 0 Å². The number of para-hydroxylation sites is 2. The van der Waals surface area contributed by atoms with Gasteiger partial charge >= 0.3 is 0 Å². The maximum Gasteiger partial charge on any atom is 0.137 e. The number of furan rings is 1. The molecule has 9 aromatic rings. The average molecular weight is 594 g/mol. The van der Waals surface area contributed by atoms with E-state index in [2.05, 4.69) is 157 Å². The number of thiophene rings is 1. The Morgan fingerprint density at radius 2 is 1.09 bits per heavy atom. The summed E-state index contributed by atoms with van der Waals surface area (Å²) in [5.41, 5.74) is 9.82. The highest BCUT2D eigenvalue weighted by Crippen LogP contribution is 2.46. The van der Waals surface area contributed by atoms with Gasteiger partial charge in [-0.25, -0.2) is 0 Å². The first kappa shape index (κ1) is 25.8. The molecule has 7 aromatic carbocycles. The highest BCUT2D eigenvalue weighted by Gasteiger charge is 2.21. The van der Waals surface area contributed by atoms with Gasteiger partial charge in [0.15, 0.2) is 0 Å². The lowest BCUT2D eigenvalue weighted by Gasteiger charge is -2.28. The van der Waals surface area contributed by atoms with Crippen LogP contribution in [0.1, 0.15) is 0 Å². The van der Waals surface area contributed by atoms with Crippen LogP contribution in [0.2, 0.25) is 0 Å². The van der Waals surface area contributed by atoms with Crippen molar-refractivity contribution in [1.82, 2.24) is 0 Å². The summed E-state index contributed by atoms with van der Waals surface area (Å²) in [7, 11) is 0. The minimum atomic E-state index is 0.879. The first-order chi connectivity index (χ1) is 22.3. The largest absolute Gasteiger partial charge is 0.456 e. The van der Waals surface area contributed by atoms with Crippen molar-refractivity contribution in [2.24, 2.45) is 0 Å². The van der Waals surface area contributed by atoms with Crippen LogP contribution >= 0.6 is 11.3 Å². The van der Waals surface area contributed by atoms with E-state index in [0.29, 0.717) is 0 Å². The molecule has 0 aliphatic rings. The zero-order chi connectivity index (χ0) is 29.7. The normalized spacial score (nSPS) is 11.6. The fourth-order valence-electron chi connectivity index (χ4n) is 6.59. The first-order valence-corrected chi connectivity index (χ1v) is 16.0. The second kappa shape index (κ2) is 10.5. The van der Waals surface area contributed by atoms with Gasteiger partial charge in [-0.2, -0.15) is 0 Å². The van der Waals surface area contributed by atoms with E-state index in [0.717, 1.165) is 39.0 Å². The van der Waals surface area contributed by atoms with E-state index in [1.54, 1.807) is 0 Å². The first-order valence-electron chi connectivity index (χ1n) is 15.2. The standard InChI is InChI=1S/C42H27NOS/c1-2-11-29(12-3-1)32-13-4-7-16-36(32)43(37-17-10-19-39-42(37)35-15-5-8-18-38(35)44-39)31-24-21-28(22-25-31)30-23-26-34-33-14-6-9-20-40(33)45-41(34)27-30/h1-27H. The topological polar surface area (TPSA) is 16.4 Å². The predicted molar refractivity (Wildman–Crippen MR) is 192 cm³/mol. The van der Waals surface area contributed by atoms with Gasteiger partial charge in [-0.15, -0.1) is 11.3 Å². The lowest BCUT2D eigenvalue weighted by Crippen LogP contribution is -2.11. The number of rotatable bonds is 5. The van der Waals surface area contributed by atoms with Gasteiger partial charge in [0.2, 0.25) is 0 Å². The van der Waals surface area contributed by atoms with E-state index in [9.17, 15) is 0 Å². The molecule has 0 N–H and O–H groups in total. The number of fused-ring (bicyclic) bond motifs is 6. The van der Waals surface area contributed by atoms with E-state index >= 15 is 0 Å². The lowest BCUT2D eigenvalue weighted by atomic mass is 10.00. The van der Waals surface area contributed by atoms with Crippen molar-refractivity contribution in [1.29, 1.82) is 0 Å². The summed E-state index contributed by atoms with van der Waals surface area (Å²) in [4.78, 5) is 2.38. The fourth-order valence-corrected chi connectivity index (χ4v) is 7.73. The van der Waals surface area contributed by atoms with Gasteiger partial charge < -0.3 is 9.32 Å². The third-order valence-corrected chi connectivity index (χ3v) is 9.82. The Kier molecular flexibility index (Phi) is 6.03. The molecule has 212 valence electrons. The monoisotopic (exact) mass is 593 g/mol. The third kappa shape index (κ3) is 4.32. The summed E-state index contributed by atoms with van der Waals surface area (Å²) in [5, 5.41) is 4.86. The quantitative estimate of drug-likeness (QED) is 0.197. The molecule has 0 unspecified atom stereocenters. The van der Waals surface area contributed by atoms with Crippen LogP contribution < -0.4 is 4.90 Å². The zero-order valence-electron chi connectivity index (χ0n) is 24.4. The average Bonchev–Trinajstić information content (AvgIpc) is 3.68. The molecule has 3 heteroatoms. The summed E-state index contributed by atoms with van der Waals surface area (Å²) in [6.45, 7) is 0. The summed E-state index contributed by atoms with van der Waals surface area (Å²) in [5.74, 6) is 0. The molecule has 0 amide bonds. The van der Waals surface area contributed by atoms with Gasteiger partial charge in [0.1, 0.15) is 11.2 Å². The van der Waals surface area contributed by atoms with Gasteiger partial charge in [0.25, 0.3) is 0 Å². The van der Waals surface area contributed by atoms with Crippen molar-refractivity contribution >= 4 is 70.5 Å². The predicted octanol–water partition coefficient (Wildman–Crippen LogP) is 12.8. The second-order valence-electron chi connectivity index (χ2n) is 11.3. The van der Waals surface area contributed by atoms with Gasteiger partial charge in [-0.1, -0.05) is 115 Å². The van der Waals surface area contributed by atoms with Gasteiger partial charge in [-0.3, -0.25) is 0 Å². The molecule has 2 heterocycles. The van der Waals surface area contributed by atoms with Crippen LogP contribution in [0.5, 0.6) is 0 Å². The van der Waals surface area contributed by atoms with Gasteiger partial charge in [-0.05, 0) is 65.2 Å². The Morgan fingerprint density at radius 3 is 1.98 bits per heavy atom. The number of benzene rings is 7. The van der Waals surface area contributed by atoms with Crippen LogP contribution in [0.3, 0.4) is 0 Å². The fraction of sp³-hybridized carbons (Fsp3) is 0.